The van der Waals surface area contributed by atoms with Gasteiger partial charge in [-0.2, -0.15) is 0 Å². The van der Waals surface area contributed by atoms with Gasteiger partial charge in [-0.25, -0.2) is 4.98 Å². The topological polar surface area (TPSA) is 51.2 Å². The molecular weight excluding hydrogens is 368 g/mol. The lowest BCUT2D eigenvalue weighted by Crippen LogP contribution is -2.28. The summed E-state index contributed by atoms with van der Waals surface area (Å²) in [5, 5.41) is 3.89. The van der Waals surface area contributed by atoms with Gasteiger partial charge in [0.15, 0.2) is 6.61 Å². The molecule has 5 heteroatoms. The summed E-state index contributed by atoms with van der Waals surface area (Å²) in [6.45, 7) is 2.47. The highest BCUT2D eigenvalue weighted by Gasteiger charge is 2.07. The Kier molecular flexibility index (Phi) is 5.35. The first-order valence-corrected chi connectivity index (χ1v) is 9.90. The number of nitrogens with one attached hydrogen (secondary N) is 1. The molecule has 0 aliphatic carbocycles. The summed E-state index contributed by atoms with van der Waals surface area (Å²) in [6, 6.07) is 23.9. The lowest BCUT2D eigenvalue weighted by Gasteiger charge is -2.08. The number of thiazole rings is 1. The Hall–Kier alpha value is -3.18. The predicted molar refractivity (Wildman–Crippen MR) is 114 cm³/mol. The Balaban J connectivity index is 1.32. The molecule has 28 heavy (non-hydrogen) atoms. The van der Waals surface area contributed by atoms with Crippen LogP contribution in [-0.4, -0.2) is 17.5 Å². The maximum atomic E-state index is 12.0. The van der Waals surface area contributed by atoms with Gasteiger partial charge in [-0.05, 0) is 42.3 Å². The third kappa shape index (κ3) is 4.38. The third-order valence-electron chi connectivity index (χ3n) is 4.34. The van der Waals surface area contributed by atoms with E-state index in [1.807, 2.05) is 73.7 Å². The summed E-state index contributed by atoms with van der Waals surface area (Å²) in [7, 11) is 0. The zero-order valence-corrected chi connectivity index (χ0v) is 16.3. The van der Waals surface area contributed by atoms with Crippen molar-refractivity contribution in [3.8, 4) is 16.3 Å². The van der Waals surface area contributed by atoms with E-state index < -0.39 is 0 Å². The fourth-order valence-electron chi connectivity index (χ4n) is 2.87. The number of para-hydroxylation sites is 1. The molecule has 0 unspecified atom stereocenters. The molecule has 0 fully saturated rings. The van der Waals surface area contributed by atoms with Crippen molar-refractivity contribution < 1.29 is 9.53 Å². The van der Waals surface area contributed by atoms with Gasteiger partial charge >= 0.3 is 0 Å². The minimum atomic E-state index is -0.142. The van der Waals surface area contributed by atoms with Gasteiger partial charge in [0.05, 0.1) is 10.2 Å². The van der Waals surface area contributed by atoms with E-state index in [9.17, 15) is 4.79 Å². The van der Waals surface area contributed by atoms with Gasteiger partial charge in [-0.15, -0.1) is 11.3 Å². The number of aromatic nitrogens is 1. The molecule has 0 aliphatic heterocycles. The summed E-state index contributed by atoms with van der Waals surface area (Å²) in [5.41, 5.74) is 4.24. The van der Waals surface area contributed by atoms with Crippen molar-refractivity contribution in [3.63, 3.8) is 0 Å². The molecule has 4 aromatic rings. The number of amides is 1. The van der Waals surface area contributed by atoms with E-state index >= 15 is 0 Å². The molecule has 0 spiro atoms. The maximum absolute atomic E-state index is 12.0. The van der Waals surface area contributed by atoms with Crippen LogP contribution in [0.25, 0.3) is 20.8 Å². The van der Waals surface area contributed by atoms with Gasteiger partial charge in [-0.3, -0.25) is 4.79 Å². The molecule has 4 rings (SSSR count). The van der Waals surface area contributed by atoms with Crippen LogP contribution in [-0.2, 0) is 11.3 Å². The predicted octanol–water partition coefficient (Wildman–Crippen LogP) is 4.97. The highest BCUT2D eigenvalue weighted by molar-refractivity contribution is 7.21. The minimum Gasteiger partial charge on any atom is -0.484 e. The standard InChI is InChI=1S/C23H20N2O2S/c1-16-5-4-6-19(13-16)27-15-22(26)24-14-17-9-11-18(12-10-17)23-25-20-7-2-3-8-21(20)28-23/h2-13H,14-15H2,1H3,(H,24,26). The second-order valence-corrected chi connectivity index (χ2v) is 7.60. The highest BCUT2D eigenvalue weighted by Crippen LogP contribution is 2.29. The number of hydrogen-bond donors (Lipinski definition) is 1. The maximum Gasteiger partial charge on any atom is 0.258 e. The number of carbonyl (C=O) groups excluding carboxylic acids is 1. The van der Waals surface area contributed by atoms with Gasteiger partial charge in [0.2, 0.25) is 0 Å². The summed E-state index contributed by atoms with van der Waals surface area (Å²) in [5.74, 6) is 0.562. The molecule has 1 N–H and O–H groups in total. The van der Waals surface area contributed by atoms with E-state index in [1.54, 1.807) is 11.3 Å². The van der Waals surface area contributed by atoms with Gasteiger partial charge in [0.25, 0.3) is 5.91 Å². The fourth-order valence-corrected chi connectivity index (χ4v) is 3.84. The zero-order valence-electron chi connectivity index (χ0n) is 15.5. The molecule has 0 aliphatic rings. The molecule has 0 saturated carbocycles. The van der Waals surface area contributed by atoms with E-state index in [4.69, 9.17) is 4.74 Å². The number of rotatable bonds is 6. The quantitative estimate of drug-likeness (QED) is 0.507. The summed E-state index contributed by atoms with van der Waals surface area (Å²) < 4.78 is 6.71. The van der Waals surface area contributed by atoms with Crippen molar-refractivity contribution >= 4 is 27.5 Å². The van der Waals surface area contributed by atoms with Gasteiger partial charge < -0.3 is 10.1 Å². The van der Waals surface area contributed by atoms with Crippen LogP contribution < -0.4 is 10.1 Å². The summed E-state index contributed by atoms with van der Waals surface area (Å²) in [4.78, 5) is 16.7. The Morgan fingerprint density at radius 3 is 2.64 bits per heavy atom. The van der Waals surface area contributed by atoms with Crippen molar-refractivity contribution in [1.29, 1.82) is 0 Å². The zero-order chi connectivity index (χ0) is 19.3. The van der Waals surface area contributed by atoms with Crippen molar-refractivity contribution in [2.75, 3.05) is 6.61 Å². The first-order chi connectivity index (χ1) is 13.7. The molecule has 1 aromatic heterocycles. The average molecular weight is 388 g/mol. The summed E-state index contributed by atoms with van der Waals surface area (Å²) in [6.07, 6.45) is 0. The van der Waals surface area contributed by atoms with Crippen molar-refractivity contribution in [3.05, 3.63) is 83.9 Å². The molecule has 140 valence electrons. The average Bonchev–Trinajstić information content (AvgIpc) is 3.15. The number of nitrogens with zero attached hydrogens (tertiary/aromatic N) is 1. The number of carbonyl (C=O) groups is 1. The first kappa shape index (κ1) is 18.2. The monoisotopic (exact) mass is 388 g/mol. The van der Waals surface area contributed by atoms with Crippen molar-refractivity contribution in [2.45, 2.75) is 13.5 Å². The Morgan fingerprint density at radius 1 is 1.04 bits per heavy atom. The smallest absolute Gasteiger partial charge is 0.258 e. The molecule has 0 radical (unpaired) electrons. The summed E-state index contributed by atoms with van der Waals surface area (Å²) >= 11 is 1.68. The number of benzene rings is 3. The van der Waals surface area contributed by atoms with Crippen LogP contribution in [0.4, 0.5) is 0 Å². The van der Waals surface area contributed by atoms with Crippen molar-refractivity contribution in [1.82, 2.24) is 10.3 Å². The Morgan fingerprint density at radius 2 is 1.86 bits per heavy atom. The van der Waals surface area contributed by atoms with Crippen LogP contribution in [0, 0.1) is 6.92 Å². The second-order valence-electron chi connectivity index (χ2n) is 6.57. The van der Waals surface area contributed by atoms with Gasteiger partial charge in [-0.1, -0.05) is 48.5 Å². The Labute approximate surface area is 167 Å². The van der Waals surface area contributed by atoms with E-state index in [2.05, 4.69) is 16.4 Å². The first-order valence-electron chi connectivity index (χ1n) is 9.08. The number of hydrogen-bond acceptors (Lipinski definition) is 4. The molecule has 1 amide bonds. The van der Waals surface area contributed by atoms with Gasteiger partial charge in [0, 0.05) is 12.1 Å². The minimum absolute atomic E-state index is 0.00718. The highest BCUT2D eigenvalue weighted by atomic mass is 32.1. The van der Waals surface area contributed by atoms with Crippen LogP contribution in [0.1, 0.15) is 11.1 Å². The van der Waals surface area contributed by atoms with Crippen LogP contribution in [0.15, 0.2) is 72.8 Å². The molecular formula is C23H20N2O2S. The van der Waals surface area contributed by atoms with Crippen LogP contribution >= 0.6 is 11.3 Å². The second kappa shape index (κ2) is 8.23. The van der Waals surface area contributed by atoms with E-state index in [-0.39, 0.29) is 12.5 Å². The molecule has 1 heterocycles. The SMILES string of the molecule is Cc1cccc(OCC(=O)NCc2ccc(-c3nc4ccccc4s3)cc2)c1. The fraction of sp³-hybridized carbons (Fsp3) is 0.130. The molecule has 0 atom stereocenters. The Bertz CT molecular complexity index is 1070. The lowest BCUT2D eigenvalue weighted by molar-refractivity contribution is -0.123. The molecule has 0 saturated heterocycles. The lowest BCUT2D eigenvalue weighted by atomic mass is 10.1. The van der Waals surface area contributed by atoms with E-state index in [0.717, 1.165) is 27.2 Å². The number of ether oxygens (including phenoxy) is 1. The number of aryl methyl sites for hydroxylation is 1. The molecule has 4 nitrogen and oxygen atoms in total. The molecule has 0 bridgehead atoms. The van der Waals surface area contributed by atoms with Crippen molar-refractivity contribution in [2.24, 2.45) is 0 Å². The van der Waals surface area contributed by atoms with Crippen LogP contribution in [0.2, 0.25) is 0 Å². The largest absolute Gasteiger partial charge is 0.484 e. The molecule has 3 aromatic carbocycles. The normalized spacial score (nSPS) is 10.8. The van der Waals surface area contributed by atoms with Gasteiger partial charge in [0.1, 0.15) is 10.8 Å². The van der Waals surface area contributed by atoms with E-state index in [1.165, 1.54) is 4.70 Å². The van der Waals surface area contributed by atoms with E-state index in [0.29, 0.717) is 12.3 Å². The van der Waals surface area contributed by atoms with Crippen LogP contribution in [0.3, 0.4) is 0 Å². The third-order valence-corrected chi connectivity index (χ3v) is 5.43. The number of fused-ring (bicyclic) bond motifs is 1. The van der Waals surface area contributed by atoms with Crippen LogP contribution in [0.5, 0.6) is 5.75 Å².